The number of fused-ring (bicyclic) bond motifs is 1. The lowest BCUT2D eigenvalue weighted by molar-refractivity contribution is 0.196. The summed E-state index contributed by atoms with van der Waals surface area (Å²) in [6.07, 6.45) is -0.728. The summed E-state index contributed by atoms with van der Waals surface area (Å²) in [6, 6.07) is 3.74. The fourth-order valence-corrected chi connectivity index (χ4v) is 2.69. The van der Waals surface area contributed by atoms with Crippen molar-refractivity contribution in [3.8, 4) is 5.75 Å². The lowest BCUT2D eigenvalue weighted by Gasteiger charge is -2.12. The van der Waals surface area contributed by atoms with Crippen molar-refractivity contribution in [2.75, 3.05) is 23.7 Å². The number of aromatic hydroxyl groups is 1. The molecule has 0 saturated carbocycles. The van der Waals surface area contributed by atoms with Gasteiger partial charge in [-0.25, -0.2) is 9.37 Å². The number of hydrogen-bond acceptors (Lipinski definition) is 8. The number of aliphatic hydroxyl groups is 1. The molecule has 0 radical (unpaired) electrons. The number of phenolic OH excluding ortho intramolecular Hbond substituents is 1. The number of aromatic nitrogens is 4. The van der Waals surface area contributed by atoms with Gasteiger partial charge < -0.3 is 26.6 Å². The smallest absolute Gasteiger partial charge is 0.225 e. The van der Waals surface area contributed by atoms with E-state index in [1.54, 1.807) is 0 Å². The second-order valence-electron chi connectivity index (χ2n) is 6.78. The topological polar surface area (TPSA) is 145 Å². The van der Waals surface area contributed by atoms with Crippen LogP contribution in [0.2, 0.25) is 0 Å². The predicted octanol–water partition coefficient (Wildman–Crippen LogP) is 1.66. The van der Waals surface area contributed by atoms with Crippen LogP contribution in [0.5, 0.6) is 5.75 Å². The lowest BCUT2D eigenvalue weighted by Crippen LogP contribution is -2.28. The highest BCUT2D eigenvalue weighted by Crippen LogP contribution is 2.28. The number of nitrogens with two attached hydrogens (primary N) is 1. The molecule has 1 atom stereocenters. The zero-order valence-corrected chi connectivity index (χ0v) is 15.7. The highest BCUT2D eigenvalue weighted by molar-refractivity contribution is 5.88. The first-order valence-electron chi connectivity index (χ1n) is 8.98. The van der Waals surface area contributed by atoms with E-state index in [2.05, 4.69) is 30.8 Å². The Kier molecular flexibility index (Phi) is 5.90. The number of benzene rings is 1. The Morgan fingerprint density at radius 3 is 2.71 bits per heavy atom. The number of aromatic amines is 1. The second-order valence-corrected chi connectivity index (χ2v) is 6.78. The molecule has 1 aromatic carbocycles. The Morgan fingerprint density at radius 2 is 2.00 bits per heavy atom. The largest absolute Gasteiger partial charge is 0.508 e. The van der Waals surface area contributed by atoms with Crippen LogP contribution >= 0.6 is 0 Å². The molecule has 0 aliphatic carbocycles. The zero-order valence-electron chi connectivity index (χ0n) is 15.7. The first kappa shape index (κ1) is 19.8. The SMILES string of the molecule is CC(C)c1[nH]nc2c(NCc3cc(F)ccc3O)nc(NCC(O)CN)nc12. The van der Waals surface area contributed by atoms with Gasteiger partial charge in [-0.15, -0.1) is 0 Å². The predicted molar refractivity (Wildman–Crippen MR) is 105 cm³/mol. The van der Waals surface area contributed by atoms with Gasteiger partial charge >= 0.3 is 0 Å². The summed E-state index contributed by atoms with van der Waals surface area (Å²) < 4.78 is 13.5. The molecule has 0 amide bonds. The molecule has 0 spiro atoms. The molecule has 150 valence electrons. The molecule has 0 bridgehead atoms. The Morgan fingerprint density at radius 1 is 1.21 bits per heavy atom. The molecule has 1 unspecified atom stereocenters. The minimum atomic E-state index is -0.728. The minimum Gasteiger partial charge on any atom is -0.508 e. The van der Waals surface area contributed by atoms with Crippen molar-refractivity contribution in [1.29, 1.82) is 0 Å². The van der Waals surface area contributed by atoms with Crippen LogP contribution in [0, 0.1) is 5.82 Å². The van der Waals surface area contributed by atoms with E-state index in [9.17, 15) is 14.6 Å². The molecule has 0 saturated heterocycles. The average molecular weight is 389 g/mol. The maximum atomic E-state index is 13.5. The van der Waals surface area contributed by atoms with Crippen LogP contribution in [0.3, 0.4) is 0 Å². The second kappa shape index (κ2) is 8.36. The normalized spacial score (nSPS) is 12.5. The summed E-state index contributed by atoms with van der Waals surface area (Å²) in [4.78, 5) is 8.90. The summed E-state index contributed by atoms with van der Waals surface area (Å²) in [7, 11) is 0. The van der Waals surface area contributed by atoms with Gasteiger partial charge in [-0.05, 0) is 24.1 Å². The number of rotatable bonds is 8. The molecule has 2 aromatic heterocycles. The van der Waals surface area contributed by atoms with E-state index in [-0.39, 0.29) is 31.3 Å². The quantitative estimate of drug-likeness (QED) is 0.341. The molecule has 28 heavy (non-hydrogen) atoms. The van der Waals surface area contributed by atoms with E-state index in [0.29, 0.717) is 28.4 Å². The van der Waals surface area contributed by atoms with E-state index >= 15 is 0 Å². The number of aliphatic hydroxyl groups excluding tert-OH is 1. The number of hydrogen-bond donors (Lipinski definition) is 6. The van der Waals surface area contributed by atoms with Crippen molar-refractivity contribution >= 4 is 22.8 Å². The number of nitrogens with one attached hydrogen (secondary N) is 3. The van der Waals surface area contributed by atoms with E-state index < -0.39 is 11.9 Å². The average Bonchev–Trinajstić information content (AvgIpc) is 3.10. The summed E-state index contributed by atoms with van der Waals surface area (Å²) in [5, 5.41) is 32.9. The molecule has 0 fully saturated rings. The molecule has 2 heterocycles. The van der Waals surface area contributed by atoms with E-state index in [1.807, 2.05) is 13.8 Å². The summed E-state index contributed by atoms with van der Waals surface area (Å²) in [6.45, 7) is 4.48. The number of H-pyrrole nitrogens is 1. The van der Waals surface area contributed by atoms with Crippen LogP contribution in [0.4, 0.5) is 16.2 Å². The monoisotopic (exact) mass is 389 g/mol. The third-order valence-corrected chi connectivity index (χ3v) is 4.26. The van der Waals surface area contributed by atoms with Crippen molar-refractivity contribution in [3.05, 3.63) is 35.3 Å². The molecule has 0 aliphatic rings. The third kappa shape index (κ3) is 4.29. The summed E-state index contributed by atoms with van der Waals surface area (Å²) in [5.74, 6) is 0.411. The maximum Gasteiger partial charge on any atom is 0.225 e. The molecule has 7 N–H and O–H groups in total. The fraction of sp³-hybridized carbons (Fsp3) is 0.389. The van der Waals surface area contributed by atoms with E-state index in [4.69, 9.17) is 5.73 Å². The number of phenols is 1. The van der Waals surface area contributed by atoms with Gasteiger partial charge in [-0.1, -0.05) is 13.8 Å². The standard InChI is InChI=1S/C18H24FN7O2/c1-9(2)14-15-16(26-25-14)17(24-18(23-15)22-8-12(27)6-20)21-7-10-5-11(19)3-4-13(10)28/h3-5,9,12,27-28H,6-8,20H2,1-2H3,(H,25,26)(H2,21,22,23,24). The first-order chi connectivity index (χ1) is 13.4. The van der Waals surface area contributed by atoms with Crippen molar-refractivity contribution < 1.29 is 14.6 Å². The van der Waals surface area contributed by atoms with Crippen LogP contribution < -0.4 is 16.4 Å². The van der Waals surface area contributed by atoms with Gasteiger partial charge in [0, 0.05) is 25.2 Å². The van der Waals surface area contributed by atoms with Crippen LogP contribution in [-0.4, -0.2) is 49.6 Å². The first-order valence-corrected chi connectivity index (χ1v) is 8.98. The molecule has 3 aromatic rings. The summed E-state index contributed by atoms with van der Waals surface area (Å²) >= 11 is 0. The van der Waals surface area contributed by atoms with Gasteiger partial charge in [-0.2, -0.15) is 10.1 Å². The van der Waals surface area contributed by atoms with E-state index in [1.165, 1.54) is 18.2 Å². The van der Waals surface area contributed by atoms with Crippen molar-refractivity contribution in [3.63, 3.8) is 0 Å². The lowest BCUT2D eigenvalue weighted by atomic mass is 10.1. The summed E-state index contributed by atoms with van der Waals surface area (Å²) in [5.41, 5.74) is 7.83. The highest BCUT2D eigenvalue weighted by Gasteiger charge is 2.17. The third-order valence-electron chi connectivity index (χ3n) is 4.26. The Labute approximate surface area is 161 Å². The maximum absolute atomic E-state index is 13.5. The van der Waals surface area contributed by atoms with Crippen molar-refractivity contribution in [2.45, 2.75) is 32.4 Å². The van der Waals surface area contributed by atoms with Gasteiger partial charge in [0.25, 0.3) is 0 Å². The van der Waals surface area contributed by atoms with Crippen LogP contribution in [0.15, 0.2) is 18.2 Å². The molecular formula is C18H24FN7O2. The van der Waals surface area contributed by atoms with Crippen LogP contribution in [0.1, 0.15) is 31.0 Å². The van der Waals surface area contributed by atoms with Gasteiger partial charge in [0.1, 0.15) is 17.1 Å². The van der Waals surface area contributed by atoms with Gasteiger partial charge in [0.15, 0.2) is 11.3 Å². The molecule has 3 rings (SSSR count). The van der Waals surface area contributed by atoms with Crippen molar-refractivity contribution in [1.82, 2.24) is 20.2 Å². The number of halogens is 1. The van der Waals surface area contributed by atoms with Gasteiger partial charge in [-0.3, -0.25) is 5.10 Å². The molecule has 10 heteroatoms. The van der Waals surface area contributed by atoms with E-state index in [0.717, 1.165) is 5.69 Å². The zero-order chi connectivity index (χ0) is 20.3. The minimum absolute atomic E-state index is 0.0199. The molecular weight excluding hydrogens is 365 g/mol. The van der Waals surface area contributed by atoms with Gasteiger partial charge in [0.05, 0.1) is 11.8 Å². The Balaban J connectivity index is 1.93. The highest BCUT2D eigenvalue weighted by atomic mass is 19.1. The van der Waals surface area contributed by atoms with Crippen LogP contribution in [-0.2, 0) is 6.54 Å². The molecule has 9 nitrogen and oxygen atoms in total. The fourth-order valence-electron chi connectivity index (χ4n) is 2.69. The van der Waals surface area contributed by atoms with Gasteiger partial charge in [0.2, 0.25) is 5.95 Å². The van der Waals surface area contributed by atoms with Crippen molar-refractivity contribution in [2.24, 2.45) is 5.73 Å². The Bertz CT molecular complexity index is 961. The number of nitrogens with zero attached hydrogens (tertiary/aromatic N) is 3. The van der Waals surface area contributed by atoms with Crippen LogP contribution in [0.25, 0.3) is 11.0 Å². The molecule has 0 aliphatic heterocycles. The number of anilines is 2. The Hall–Kier alpha value is -2.98.